The summed E-state index contributed by atoms with van der Waals surface area (Å²) in [6.45, 7) is 1.81. The molecule has 2 aromatic rings. The van der Waals surface area contributed by atoms with Crippen molar-refractivity contribution in [2.24, 2.45) is 5.92 Å². The fraction of sp³-hybridized carbons (Fsp3) is 0.529. The van der Waals surface area contributed by atoms with Crippen LogP contribution in [0.1, 0.15) is 49.4 Å². The predicted octanol–water partition coefficient (Wildman–Crippen LogP) is 3.46. The highest BCUT2D eigenvalue weighted by Gasteiger charge is 2.28. The quantitative estimate of drug-likeness (QED) is 0.774. The lowest BCUT2D eigenvalue weighted by molar-refractivity contribution is -0.142. The number of carbonyl (C=O) groups excluding carboxylic acids is 1. The number of ether oxygens (including phenoxy) is 1. The van der Waals surface area contributed by atoms with Gasteiger partial charge in [0.2, 0.25) is 0 Å². The van der Waals surface area contributed by atoms with E-state index in [1.54, 1.807) is 4.68 Å². The molecule has 3 rings (SSSR count). The molecule has 7 heteroatoms. The first kappa shape index (κ1) is 16.9. The summed E-state index contributed by atoms with van der Waals surface area (Å²) < 4.78 is 6.60. The molecule has 6 nitrogen and oxygen atoms in total. The van der Waals surface area contributed by atoms with Crippen molar-refractivity contribution < 1.29 is 9.53 Å². The van der Waals surface area contributed by atoms with Gasteiger partial charge in [-0.3, -0.25) is 4.79 Å². The van der Waals surface area contributed by atoms with Crippen molar-refractivity contribution in [3.8, 4) is 5.69 Å². The molecule has 1 aliphatic rings. The number of methoxy groups -OCH3 is 1. The first-order valence-electron chi connectivity index (χ1n) is 8.22. The zero-order valence-corrected chi connectivity index (χ0v) is 14.7. The Morgan fingerprint density at radius 1 is 1.42 bits per heavy atom. The lowest BCUT2D eigenvalue weighted by atomic mass is 9.88. The van der Waals surface area contributed by atoms with Crippen LogP contribution in [0, 0.1) is 12.8 Å². The van der Waals surface area contributed by atoms with E-state index in [9.17, 15) is 4.79 Å². The van der Waals surface area contributed by atoms with Gasteiger partial charge >= 0.3 is 5.97 Å². The number of benzene rings is 1. The third kappa shape index (κ3) is 3.43. The molecule has 1 aromatic carbocycles. The van der Waals surface area contributed by atoms with Gasteiger partial charge in [0.05, 0.1) is 23.7 Å². The maximum absolute atomic E-state index is 12.3. The van der Waals surface area contributed by atoms with Crippen molar-refractivity contribution >= 4 is 17.6 Å². The zero-order chi connectivity index (χ0) is 17.1. The number of aromatic nitrogens is 4. The second kappa shape index (κ2) is 7.30. The SMILES string of the molecule is COC(=O)C(CC1CCCC1)c1ccc(-n2nnnc2C)c(Cl)c1. The minimum atomic E-state index is -0.278. The highest BCUT2D eigenvalue weighted by Crippen LogP contribution is 2.36. The number of carbonyl (C=O) groups is 1. The summed E-state index contributed by atoms with van der Waals surface area (Å²) in [4.78, 5) is 12.3. The van der Waals surface area contributed by atoms with E-state index in [-0.39, 0.29) is 11.9 Å². The number of hydrogen-bond acceptors (Lipinski definition) is 5. The van der Waals surface area contributed by atoms with Crippen LogP contribution in [-0.2, 0) is 9.53 Å². The maximum atomic E-state index is 12.3. The van der Waals surface area contributed by atoms with Gasteiger partial charge in [-0.25, -0.2) is 0 Å². The van der Waals surface area contributed by atoms with Crippen LogP contribution in [0.4, 0.5) is 0 Å². The second-order valence-electron chi connectivity index (χ2n) is 6.31. The second-order valence-corrected chi connectivity index (χ2v) is 6.72. The molecule has 0 amide bonds. The van der Waals surface area contributed by atoms with Crippen LogP contribution in [0.2, 0.25) is 5.02 Å². The highest BCUT2D eigenvalue weighted by atomic mass is 35.5. The first-order valence-corrected chi connectivity index (χ1v) is 8.60. The molecule has 0 bridgehead atoms. The first-order chi connectivity index (χ1) is 11.6. The summed E-state index contributed by atoms with van der Waals surface area (Å²) in [7, 11) is 1.43. The Labute approximate surface area is 146 Å². The molecule has 1 unspecified atom stereocenters. The Morgan fingerprint density at radius 2 is 2.17 bits per heavy atom. The van der Waals surface area contributed by atoms with Gasteiger partial charge in [0, 0.05) is 0 Å². The third-order valence-corrected chi connectivity index (χ3v) is 5.06. The highest BCUT2D eigenvalue weighted by molar-refractivity contribution is 6.32. The van der Waals surface area contributed by atoms with E-state index in [1.165, 1.54) is 32.8 Å². The summed E-state index contributed by atoms with van der Waals surface area (Å²) in [5.74, 6) is 0.748. The number of tetrazole rings is 1. The van der Waals surface area contributed by atoms with Crippen LogP contribution >= 0.6 is 11.6 Å². The van der Waals surface area contributed by atoms with Crippen LogP contribution in [-0.4, -0.2) is 33.3 Å². The van der Waals surface area contributed by atoms with Gasteiger partial charge in [-0.05, 0) is 47.4 Å². The van der Waals surface area contributed by atoms with Crippen LogP contribution in [0.25, 0.3) is 5.69 Å². The van der Waals surface area contributed by atoms with Crippen molar-refractivity contribution in [2.75, 3.05) is 7.11 Å². The molecule has 1 aliphatic carbocycles. The normalized spacial score (nSPS) is 16.3. The Kier molecular flexibility index (Phi) is 5.14. The molecule has 1 saturated carbocycles. The number of hydrogen-bond donors (Lipinski definition) is 0. The van der Waals surface area contributed by atoms with E-state index in [1.807, 2.05) is 25.1 Å². The fourth-order valence-corrected chi connectivity index (χ4v) is 3.73. The molecule has 1 atom stereocenters. The van der Waals surface area contributed by atoms with Crippen LogP contribution in [0.5, 0.6) is 0 Å². The third-order valence-electron chi connectivity index (χ3n) is 4.76. The summed E-state index contributed by atoms with van der Waals surface area (Å²) in [5.41, 5.74) is 1.58. The minimum absolute atomic E-state index is 0.204. The smallest absolute Gasteiger partial charge is 0.313 e. The van der Waals surface area contributed by atoms with Gasteiger partial charge in [-0.2, -0.15) is 4.68 Å². The number of halogens is 1. The molecule has 128 valence electrons. The average molecular weight is 349 g/mol. The molecular formula is C17H21ClN4O2. The van der Waals surface area contributed by atoms with Gasteiger partial charge in [0.15, 0.2) is 5.82 Å². The molecule has 0 aliphatic heterocycles. The van der Waals surface area contributed by atoms with Crippen molar-refractivity contribution in [2.45, 2.75) is 44.9 Å². The monoisotopic (exact) mass is 348 g/mol. The summed E-state index contributed by atoms with van der Waals surface area (Å²) in [6.07, 6.45) is 5.67. The van der Waals surface area contributed by atoms with Crippen LogP contribution in [0.15, 0.2) is 18.2 Å². The van der Waals surface area contributed by atoms with Crippen molar-refractivity contribution in [1.29, 1.82) is 0 Å². The standard InChI is InChI=1S/C17H21ClN4O2/c1-11-19-20-21-22(11)16-8-7-13(10-15(16)18)14(17(23)24-2)9-12-5-3-4-6-12/h7-8,10,12,14H,3-6,9H2,1-2H3. The molecule has 1 aromatic heterocycles. The van der Waals surface area contributed by atoms with Gasteiger partial charge in [-0.15, -0.1) is 5.10 Å². The Hall–Kier alpha value is -1.95. The van der Waals surface area contributed by atoms with Crippen LogP contribution in [0.3, 0.4) is 0 Å². The van der Waals surface area contributed by atoms with Crippen molar-refractivity contribution in [3.05, 3.63) is 34.6 Å². The average Bonchev–Trinajstić information content (AvgIpc) is 3.23. The van der Waals surface area contributed by atoms with E-state index in [2.05, 4.69) is 15.5 Å². The summed E-state index contributed by atoms with van der Waals surface area (Å²) >= 11 is 6.43. The van der Waals surface area contributed by atoms with Crippen molar-refractivity contribution in [1.82, 2.24) is 20.2 Å². The number of aryl methyl sites for hydroxylation is 1. The summed E-state index contributed by atoms with van der Waals surface area (Å²) in [6, 6.07) is 5.60. The lowest BCUT2D eigenvalue weighted by Crippen LogP contribution is -2.17. The topological polar surface area (TPSA) is 69.9 Å². The molecule has 0 spiro atoms. The molecule has 24 heavy (non-hydrogen) atoms. The van der Waals surface area contributed by atoms with E-state index >= 15 is 0 Å². The summed E-state index contributed by atoms with van der Waals surface area (Å²) in [5, 5.41) is 12.0. The van der Waals surface area contributed by atoms with E-state index in [4.69, 9.17) is 16.3 Å². The van der Waals surface area contributed by atoms with Crippen LogP contribution < -0.4 is 0 Å². The van der Waals surface area contributed by atoms with Gasteiger partial charge < -0.3 is 4.74 Å². The molecular weight excluding hydrogens is 328 g/mol. The van der Waals surface area contributed by atoms with Gasteiger partial charge in [-0.1, -0.05) is 43.4 Å². The number of esters is 1. The molecule has 0 radical (unpaired) electrons. The maximum Gasteiger partial charge on any atom is 0.313 e. The Balaban J connectivity index is 1.89. The molecule has 0 N–H and O–H groups in total. The lowest BCUT2D eigenvalue weighted by Gasteiger charge is -2.19. The number of nitrogens with zero attached hydrogens (tertiary/aromatic N) is 4. The minimum Gasteiger partial charge on any atom is -0.469 e. The van der Waals surface area contributed by atoms with Gasteiger partial charge in [0.25, 0.3) is 0 Å². The fourth-order valence-electron chi connectivity index (χ4n) is 3.46. The van der Waals surface area contributed by atoms with Crippen molar-refractivity contribution in [3.63, 3.8) is 0 Å². The van der Waals surface area contributed by atoms with E-state index < -0.39 is 0 Å². The molecule has 0 saturated heterocycles. The Bertz CT molecular complexity index is 725. The largest absolute Gasteiger partial charge is 0.469 e. The zero-order valence-electron chi connectivity index (χ0n) is 13.9. The van der Waals surface area contributed by atoms with Gasteiger partial charge in [0.1, 0.15) is 0 Å². The number of rotatable bonds is 5. The Morgan fingerprint density at radius 3 is 2.75 bits per heavy atom. The molecule has 1 heterocycles. The van der Waals surface area contributed by atoms with E-state index in [0.717, 1.165) is 12.0 Å². The molecule has 1 fully saturated rings. The van der Waals surface area contributed by atoms with E-state index in [0.29, 0.717) is 22.5 Å². The predicted molar refractivity (Wildman–Crippen MR) is 90.2 cm³/mol.